The summed E-state index contributed by atoms with van der Waals surface area (Å²) in [6, 6.07) is 65.7. The molecule has 1 aliphatic rings. The van der Waals surface area contributed by atoms with Crippen LogP contribution in [-0.2, 0) is 0 Å². The fourth-order valence-electron chi connectivity index (χ4n) is 7.56. The van der Waals surface area contributed by atoms with Crippen LogP contribution in [0.4, 0.5) is 0 Å². The Kier molecular flexibility index (Phi) is 7.51. The van der Waals surface area contributed by atoms with Crippen molar-refractivity contribution in [1.82, 2.24) is 5.32 Å². The van der Waals surface area contributed by atoms with E-state index < -0.39 is 6.17 Å². The summed E-state index contributed by atoms with van der Waals surface area (Å²) in [4.78, 5) is 10.7. The molecular weight excluding hydrogens is 647 g/mol. The quantitative estimate of drug-likeness (QED) is 0.190. The van der Waals surface area contributed by atoms with Crippen molar-refractivity contribution in [3.05, 3.63) is 205 Å². The lowest BCUT2D eigenvalue weighted by molar-refractivity contribution is 0.670. The third-order valence-corrected chi connectivity index (χ3v) is 10.1. The van der Waals surface area contributed by atoms with Crippen molar-refractivity contribution in [2.24, 2.45) is 9.98 Å². The molecule has 0 spiro atoms. The van der Waals surface area contributed by atoms with Crippen LogP contribution in [0.25, 0.3) is 66.1 Å². The van der Waals surface area contributed by atoms with Gasteiger partial charge in [0.1, 0.15) is 22.8 Å². The Hall–Kier alpha value is -7.04. The second-order valence-corrected chi connectivity index (χ2v) is 13.4. The lowest BCUT2D eigenvalue weighted by atomic mass is 9.97. The molecule has 4 nitrogen and oxygen atoms in total. The highest BCUT2D eigenvalue weighted by atomic mass is 16.3. The van der Waals surface area contributed by atoms with E-state index in [0.29, 0.717) is 0 Å². The zero-order valence-corrected chi connectivity index (χ0v) is 28.8. The predicted molar refractivity (Wildman–Crippen MR) is 219 cm³/mol. The minimum absolute atomic E-state index is 0.475. The number of amidine groups is 2. The standard InChI is InChI=1S/C49H33N3O/c1-4-14-32(15-5-1)35-26-27-37-31-38(29-28-36(37)30-35)47-50-48(41-21-11-10-20-39(41)33-16-6-2-7-17-33)52-49(51-47)43-24-13-25-44-45(43)42-23-12-22-40(46(42)53-44)34-18-8-3-9-19-34/h1-31,47H,(H,50,51,52). The van der Waals surface area contributed by atoms with E-state index in [0.717, 1.165) is 77.9 Å². The molecule has 250 valence electrons. The average Bonchev–Trinajstić information content (AvgIpc) is 3.63. The molecule has 2 heterocycles. The number of fused-ring (bicyclic) bond motifs is 4. The lowest BCUT2D eigenvalue weighted by Gasteiger charge is -2.24. The van der Waals surface area contributed by atoms with Crippen LogP contribution < -0.4 is 5.32 Å². The van der Waals surface area contributed by atoms with E-state index in [-0.39, 0.29) is 0 Å². The summed E-state index contributed by atoms with van der Waals surface area (Å²) in [6.07, 6.45) is -0.475. The van der Waals surface area contributed by atoms with Crippen molar-refractivity contribution in [3.8, 4) is 33.4 Å². The smallest absolute Gasteiger partial charge is 0.169 e. The SMILES string of the molecule is c1ccc(-c2ccc3cc(C4N=C(c5ccccc5-c5ccccc5)NC(c5cccc6oc7c(-c8ccccc8)cccc7c56)=N4)ccc3c2)cc1. The van der Waals surface area contributed by atoms with Gasteiger partial charge in [0.15, 0.2) is 6.17 Å². The van der Waals surface area contributed by atoms with E-state index in [1.165, 1.54) is 16.5 Å². The Morgan fingerprint density at radius 1 is 0.415 bits per heavy atom. The maximum atomic E-state index is 6.65. The molecule has 9 aromatic rings. The van der Waals surface area contributed by atoms with Crippen LogP contribution in [-0.4, -0.2) is 11.7 Å². The molecule has 10 rings (SSSR count). The number of nitrogens with one attached hydrogen (secondary N) is 1. The number of aliphatic imine (C=N–C) groups is 2. The number of hydrogen-bond acceptors (Lipinski definition) is 4. The molecular formula is C49H33N3O. The van der Waals surface area contributed by atoms with E-state index in [9.17, 15) is 0 Å². The normalized spacial score (nSPS) is 14.2. The highest BCUT2D eigenvalue weighted by molar-refractivity contribution is 6.25. The fraction of sp³-hybridized carbons (Fsp3) is 0.0204. The van der Waals surface area contributed by atoms with Gasteiger partial charge in [-0.3, -0.25) is 0 Å². The van der Waals surface area contributed by atoms with Crippen molar-refractivity contribution >= 4 is 44.4 Å². The molecule has 1 unspecified atom stereocenters. The van der Waals surface area contributed by atoms with Crippen LogP contribution in [0.5, 0.6) is 0 Å². The van der Waals surface area contributed by atoms with Gasteiger partial charge in [-0.2, -0.15) is 0 Å². The van der Waals surface area contributed by atoms with Crippen molar-refractivity contribution in [2.75, 3.05) is 0 Å². The van der Waals surface area contributed by atoms with Crippen molar-refractivity contribution in [2.45, 2.75) is 6.17 Å². The van der Waals surface area contributed by atoms with Crippen LogP contribution in [0.3, 0.4) is 0 Å². The first-order valence-corrected chi connectivity index (χ1v) is 17.9. The third-order valence-electron chi connectivity index (χ3n) is 10.1. The van der Waals surface area contributed by atoms with Crippen LogP contribution in [0.1, 0.15) is 22.9 Å². The van der Waals surface area contributed by atoms with Gasteiger partial charge in [0, 0.05) is 27.5 Å². The van der Waals surface area contributed by atoms with E-state index in [2.05, 4.69) is 169 Å². The summed E-state index contributed by atoms with van der Waals surface area (Å²) in [5.74, 6) is 1.52. The number of rotatable bonds is 6. The van der Waals surface area contributed by atoms with Crippen molar-refractivity contribution < 1.29 is 4.42 Å². The molecule has 0 saturated heterocycles. The minimum atomic E-state index is -0.475. The van der Waals surface area contributed by atoms with Gasteiger partial charge in [0.05, 0.1) is 0 Å². The molecule has 0 fully saturated rings. The summed E-state index contributed by atoms with van der Waals surface area (Å²) in [5, 5.41) is 8.11. The van der Waals surface area contributed by atoms with Gasteiger partial charge < -0.3 is 9.73 Å². The largest absolute Gasteiger partial charge is 0.455 e. The Bertz CT molecular complexity index is 2850. The lowest BCUT2D eigenvalue weighted by Crippen LogP contribution is -2.36. The van der Waals surface area contributed by atoms with Crippen LogP contribution >= 0.6 is 0 Å². The topological polar surface area (TPSA) is 49.9 Å². The molecule has 0 radical (unpaired) electrons. The van der Waals surface area contributed by atoms with E-state index in [1.807, 2.05) is 24.3 Å². The monoisotopic (exact) mass is 679 g/mol. The molecule has 8 aromatic carbocycles. The molecule has 0 saturated carbocycles. The van der Waals surface area contributed by atoms with Gasteiger partial charge in [0.25, 0.3) is 0 Å². The molecule has 0 bridgehead atoms. The second-order valence-electron chi connectivity index (χ2n) is 13.4. The highest BCUT2D eigenvalue weighted by Gasteiger charge is 2.25. The first-order valence-electron chi connectivity index (χ1n) is 17.9. The third kappa shape index (κ3) is 5.58. The second kappa shape index (κ2) is 12.9. The number of para-hydroxylation sites is 1. The maximum Gasteiger partial charge on any atom is 0.169 e. The number of benzene rings is 8. The highest BCUT2D eigenvalue weighted by Crippen LogP contribution is 2.39. The summed E-state index contributed by atoms with van der Waals surface area (Å²) < 4.78 is 6.65. The molecule has 0 amide bonds. The molecule has 1 N–H and O–H groups in total. The summed E-state index contributed by atoms with van der Waals surface area (Å²) in [6.45, 7) is 0. The van der Waals surface area contributed by atoms with Gasteiger partial charge in [-0.1, -0.05) is 170 Å². The van der Waals surface area contributed by atoms with Gasteiger partial charge in [-0.05, 0) is 62.4 Å². The number of hydrogen-bond donors (Lipinski definition) is 1. The molecule has 1 aliphatic heterocycles. The van der Waals surface area contributed by atoms with E-state index in [1.54, 1.807) is 0 Å². The van der Waals surface area contributed by atoms with Gasteiger partial charge >= 0.3 is 0 Å². The molecule has 4 heteroatoms. The Labute approximate surface area is 307 Å². The van der Waals surface area contributed by atoms with Crippen molar-refractivity contribution in [3.63, 3.8) is 0 Å². The van der Waals surface area contributed by atoms with E-state index >= 15 is 0 Å². The summed E-state index contributed by atoms with van der Waals surface area (Å²) in [7, 11) is 0. The molecule has 53 heavy (non-hydrogen) atoms. The first-order chi connectivity index (χ1) is 26.3. The molecule has 0 aliphatic carbocycles. The fourth-order valence-corrected chi connectivity index (χ4v) is 7.56. The zero-order valence-electron chi connectivity index (χ0n) is 28.8. The summed E-state index contributed by atoms with van der Waals surface area (Å²) in [5.41, 5.74) is 11.5. The van der Waals surface area contributed by atoms with E-state index in [4.69, 9.17) is 14.4 Å². The van der Waals surface area contributed by atoms with Gasteiger partial charge in [0.2, 0.25) is 0 Å². The Balaban J connectivity index is 1.14. The van der Waals surface area contributed by atoms with Gasteiger partial charge in [-0.15, -0.1) is 0 Å². The minimum Gasteiger partial charge on any atom is -0.455 e. The van der Waals surface area contributed by atoms with Crippen LogP contribution in [0.2, 0.25) is 0 Å². The Morgan fingerprint density at radius 3 is 1.74 bits per heavy atom. The van der Waals surface area contributed by atoms with Crippen LogP contribution in [0.15, 0.2) is 202 Å². The molecule has 1 aromatic heterocycles. The first kappa shape index (κ1) is 30.8. The Morgan fingerprint density at radius 2 is 0.981 bits per heavy atom. The molecule has 1 atom stereocenters. The van der Waals surface area contributed by atoms with Crippen molar-refractivity contribution in [1.29, 1.82) is 0 Å². The van der Waals surface area contributed by atoms with Gasteiger partial charge in [-0.25, -0.2) is 9.98 Å². The number of nitrogens with zero attached hydrogens (tertiary/aromatic N) is 2. The maximum absolute atomic E-state index is 6.65. The predicted octanol–water partition coefficient (Wildman–Crippen LogP) is 12.2. The average molecular weight is 680 g/mol. The van der Waals surface area contributed by atoms with Crippen LogP contribution in [0, 0.1) is 0 Å². The summed E-state index contributed by atoms with van der Waals surface area (Å²) >= 11 is 0. The number of furan rings is 1. The zero-order chi connectivity index (χ0) is 35.1.